The molecular weight excluding hydrogens is 478 g/mol. The average molecular weight is 494 g/mol. The van der Waals surface area contributed by atoms with Gasteiger partial charge in [-0.25, -0.2) is 17.8 Å². The van der Waals surface area contributed by atoms with Crippen LogP contribution in [-0.2, 0) is 16.4 Å². The van der Waals surface area contributed by atoms with E-state index in [9.17, 15) is 18.0 Å². The van der Waals surface area contributed by atoms with Crippen LogP contribution in [0.4, 0.5) is 5.69 Å². The molecule has 160 valence electrons. The Hall–Kier alpha value is -2.40. The largest absolute Gasteiger partial charge is 0.333 e. The number of aromatic nitrogens is 2. The summed E-state index contributed by atoms with van der Waals surface area (Å²) in [5, 5.41) is 2.20. The number of aryl methyl sites for hydroxylation is 1. The summed E-state index contributed by atoms with van der Waals surface area (Å²) in [7, 11) is -3.90. The van der Waals surface area contributed by atoms with E-state index in [1.807, 2.05) is 11.4 Å². The van der Waals surface area contributed by atoms with Crippen molar-refractivity contribution in [2.45, 2.75) is 23.5 Å². The first-order valence-corrected chi connectivity index (χ1v) is 13.0. The molecule has 0 fully saturated rings. The van der Waals surface area contributed by atoms with Gasteiger partial charge in [-0.15, -0.1) is 22.7 Å². The monoisotopic (exact) mass is 493 g/mol. The lowest BCUT2D eigenvalue weighted by molar-refractivity contribution is 0.591. The number of thiophene rings is 2. The van der Waals surface area contributed by atoms with Crippen LogP contribution >= 0.6 is 34.3 Å². The number of anilines is 1. The van der Waals surface area contributed by atoms with Crippen molar-refractivity contribution < 1.29 is 8.42 Å². The van der Waals surface area contributed by atoms with Crippen molar-refractivity contribution in [3.63, 3.8) is 0 Å². The fraction of sp³-hybridized carbons (Fsp3) is 0.200. The molecule has 0 saturated carbocycles. The van der Waals surface area contributed by atoms with Crippen LogP contribution in [0.15, 0.2) is 55.6 Å². The van der Waals surface area contributed by atoms with Crippen LogP contribution in [0.2, 0.25) is 4.34 Å². The highest BCUT2D eigenvalue weighted by Gasteiger charge is 2.31. The zero-order valence-corrected chi connectivity index (χ0v) is 19.2. The van der Waals surface area contributed by atoms with Crippen LogP contribution in [0.3, 0.4) is 0 Å². The molecule has 0 radical (unpaired) electrons. The number of nitrogens with zero attached hydrogens (tertiary/aromatic N) is 2. The molecule has 4 heterocycles. The predicted molar refractivity (Wildman–Crippen MR) is 125 cm³/mol. The summed E-state index contributed by atoms with van der Waals surface area (Å²) >= 11 is 8.74. The van der Waals surface area contributed by atoms with Crippen molar-refractivity contribution in [2.75, 3.05) is 10.8 Å². The van der Waals surface area contributed by atoms with Gasteiger partial charge in [0.05, 0.1) is 22.3 Å². The van der Waals surface area contributed by atoms with Crippen LogP contribution in [-0.4, -0.2) is 24.5 Å². The Morgan fingerprint density at radius 1 is 1.06 bits per heavy atom. The Balaban J connectivity index is 1.66. The minimum atomic E-state index is -3.90. The molecule has 0 unspecified atom stereocenters. The first-order chi connectivity index (χ1) is 14.9. The molecule has 11 heteroatoms. The third kappa shape index (κ3) is 3.34. The van der Waals surface area contributed by atoms with Crippen LogP contribution in [0.25, 0.3) is 16.6 Å². The van der Waals surface area contributed by atoms with E-state index >= 15 is 0 Å². The fourth-order valence-electron chi connectivity index (χ4n) is 3.76. The molecule has 0 atom stereocenters. The molecule has 1 aromatic carbocycles. The summed E-state index contributed by atoms with van der Waals surface area (Å²) in [5.41, 5.74) is -0.0838. The van der Waals surface area contributed by atoms with Crippen LogP contribution in [0.1, 0.15) is 17.7 Å². The number of halogens is 1. The van der Waals surface area contributed by atoms with Gasteiger partial charge in [0.1, 0.15) is 8.55 Å². The van der Waals surface area contributed by atoms with Gasteiger partial charge < -0.3 is 4.98 Å². The SMILES string of the molecule is O=c1[nH]c2ccccc2c(=O)n1-c1cc(S(=O)(=O)N2CCCCc3sccc32)sc1Cl. The Labute approximate surface area is 190 Å². The van der Waals surface area contributed by atoms with Gasteiger partial charge in [-0.2, -0.15) is 0 Å². The topological polar surface area (TPSA) is 92.2 Å². The highest BCUT2D eigenvalue weighted by Crippen LogP contribution is 2.39. The van der Waals surface area contributed by atoms with E-state index in [4.69, 9.17) is 11.6 Å². The second-order valence-electron chi connectivity index (χ2n) is 7.10. The van der Waals surface area contributed by atoms with Crippen LogP contribution in [0, 0.1) is 0 Å². The zero-order chi connectivity index (χ0) is 21.8. The lowest BCUT2D eigenvalue weighted by Gasteiger charge is -2.21. The quantitative estimate of drug-likeness (QED) is 0.467. The molecule has 5 rings (SSSR count). The van der Waals surface area contributed by atoms with Crippen molar-refractivity contribution >= 4 is 60.9 Å². The highest BCUT2D eigenvalue weighted by atomic mass is 35.5. The summed E-state index contributed by atoms with van der Waals surface area (Å²) in [4.78, 5) is 29.3. The van der Waals surface area contributed by atoms with Crippen molar-refractivity contribution in [2.24, 2.45) is 0 Å². The van der Waals surface area contributed by atoms with E-state index in [1.54, 1.807) is 35.6 Å². The van der Waals surface area contributed by atoms with Crippen molar-refractivity contribution in [1.29, 1.82) is 0 Å². The molecule has 1 aliphatic rings. The van der Waals surface area contributed by atoms with E-state index in [0.29, 0.717) is 23.1 Å². The number of rotatable bonds is 3. The molecular formula is C20H16ClN3O4S3. The summed E-state index contributed by atoms with van der Waals surface area (Å²) in [6.45, 7) is 0.368. The lowest BCUT2D eigenvalue weighted by atomic mass is 10.2. The molecule has 0 bridgehead atoms. The normalized spacial score (nSPS) is 14.5. The molecule has 1 N–H and O–H groups in total. The predicted octanol–water partition coefficient (Wildman–Crippen LogP) is 3.99. The third-order valence-electron chi connectivity index (χ3n) is 5.24. The highest BCUT2D eigenvalue weighted by molar-refractivity contribution is 7.94. The number of hydrogen-bond acceptors (Lipinski definition) is 6. The second kappa shape index (κ2) is 7.63. The molecule has 7 nitrogen and oxygen atoms in total. The van der Waals surface area contributed by atoms with Gasteiger partial charge in [-0.05, 0) is 48.9 Å². The maximum Gasteiger partial charge on any atom is 0.333 e. The minimum absolute atomic E-state index is 0.00833. The summed E-state index contributed by atoms with van der Waals surface area (Å²) in [6, 6.07) is 9.75. The number of H-pyrrole nitrogens is 1. The molecule has 0 aliphatic carbocycles. The van der Waals surface area contributed by atoms with E-state index < -0.39 is 21.3 Å². The Morgan fingerprint density at radius 3 is 2.71 bits per heavy atom. The number of aromatic amines is 1. The van der Waals surface area contributed by atoms with Crippen molar-refractivity contribution in [1.82, 2.24) is 9.55 Å². The van der Waals surface area contributed by atoms with Gasteiger partial charge in [0.15, 0.2) is 0 Å². The van der Waals surface area contributed by atoms with Gasteiger partial charge in [0.25, 0.3) is 15.6 Å². The fourth-order valence-corrected chi connectivity index (χ4v) is 8.09. The Kier molecular flexibility index (Phi) is 5.04. The van der Waals surface area contributed by atoms with E-state index in [2.05, 4.69) is 4.98 Å². The molecule has 1 aliphatic heterocycles. The third-order valence-corrected chi connectivity index (χ3v) is 9.81. The smallest absolute Gasteiger partial charge is 0.306 e. The molecule has 3 aromatic heterocycles. The van der Waals surface area contributed by atoms with Crippen LogP contribution < -0.4 is 15.6 Å². The number of hydrogen-bond donors (Lipinski definition) is 1. The number of nitrogens with one attached hydrogen (secondary N) is 1. The number of para-hydroxylation sites is 1. The van der Waals surface area contributed by atoms with Gasteiger partial charge in [0, 0.05) is 11.4 Å². The molecule has 31 heavy (non-hydrogen) atoms. The maximum absolute atomic E-state index is 13.5. The Bertz CT molecular complexity index is 1530. The van der Waals surface area contributed by atoms with Gasteiger partial charge >= 0.3 is 5.69 Å². The van der Waals surface area contributed by atoms with Crippen molar-refractivity contribution in [3.8, 4) is 5.69 Å². The summed E-state index contributed by atoms with van der Waals surface area (Å²) in [5.74, 6) is 0. The maximum atomic E-state index is 13.5. The second-order valence-corrected chi connectivity index (χ2v) is 11.8. The molecule has 0 saturated heterocycles. The molecule has 4 aromatic rings. The number of benzene rings is 1. The molecule has 0 spiro atoms. The van der Waals surface area contributed by atoms with Gasteiger partial charge in [-0.3, -0.25) is 9.10 Å². The standard InChI is InChI=1S/C20H16ClN3O4S3/c21-18-15(24-19(25)12-5-1-2-6-13(12)22-20(24)26)11-17(30-18)31(27,28)23-9-4-3-7-16-14(23)8-10-29-16/h1-2,5-6,8,10-11H,3-4,7,9H2,(H,22,26). The van der Waals surface area contributed by atoms with Gasteiger partial charge in [-0.1, -0.05) is 23.7 Å². The average Bonchev–Trinajstić information content (AvgIpc) is 3.30. The van der Waals surface area contributed by atoms with E-state index in [1.165, 1.54) is 10.4 Å². The molecule has 0 amide bonds. The van der Waals surface area contributed by atoms with E-state index in [-0.39, 0.29) is 14.2 Å². The van der Waals surface area contributed by atoms with Crippen LogP contribution in [0.5, 0.6) is 0 Å². The van der Waals surface area contributed by atoms with Crippen molar-refractivity contribution in [3.05, 3.63) is 71.8 Å². The van der Waals surface area contributed by atoms with Gasteiger partial charge in [0.2, 0.25) is 0 Å². The number of fused-ring (bicyclic) bond motifs is 2. The first kappa shape index (κ1) is 20.5. The first-order valence-electron chi connectivity index (χ1n) is 9.51. The summed E-state index contributed by atoms with van der Waals surface area (Å²) < 4.78 is 29.3. The minimum Gasteiger partial charge on any atom is -0.306 e. The van der Waals surface area contributed by atoms with E-state index in [0.717, 1.165) is 40.0 Å². The number of sulfonamides is 1. The summed E-state index contributed by atoms with van der Waals surface area (Å²) in [6.07, 6.45) is 2.51. The lowest BCUT2D eigenvalue weighted by Crippen LogP contribution is -2.33. The Morgan fingerprint density at radius 2 is 1.87 bits per heavy atom. The zero-order valence-electron chi connectivity index (χ0n) is 16.0.